The molecule has 0 aromatic heterocycles. The molecule has 0 unspecified atom stereocenters. The summed E-state index contributed by atoms with van der Waals surface area (Å²) in [4.78, 5) is 0. The highest BCUT2D eigenvalue weighted by Crippen LogP contribution is 2.26. The number of benzene rings is 2. The van der Waals surface area contributed by atoms with E-state index < -0.39 is 0 Å². The van der Waals surface area contributed by atoms with Gasteiger partial charge in [0.15, 0.2) is 0 Å². The largest absolute Gasteiger partial charge is 0.508 e. The zero-order valence-electron chi connectivity index (χ0n) is 7.87. The highest BCUT2D eigenvalue weighted by atomic mass is 35.5. The van der Waals surface area contributed by atoms with Crippen LogP contribution in [0.5, 0.6) is 5.75 Å². The van der Waals surface area contributed by atoms with E-state index in [4.69, 9.17) is 16.8 Å². The molecule has 2 aromatic rings. The van der Waals surface area contributed by atoms with E-state index in [9.17, 15) is 5.11 Å². The van der Waals surface area contributed by atoms with E-state index in [0.717, 1.165) is 10.8 Å². The Balaban J connectivity index is 2.61. The molecule has 2 rings (SSSR count). The summed E-state index contributed by atoms with van der Waals surface area (Å²) in [6, 6.07) is 8.87. The fraction of sp³-hybridized carbons (Fsp3) is 0.0909. The Bertz CT molecular complexity index is 499. The fourth-order valence-corrected chi connectivity index (χ4v) is 1.71. The number of aromatic hydroxyl groups is 1. The van der Waals surface area contributed by atoms with E-state index >= 15 is 0 Å². The molecule has 0 fully saturated rings. The van der Waals surface area contributed by atoms with Crippen LogP contribution in [-0.4, -0.2) is 10.3 Å². The quantitative estimate of drug-likeness (QED) is 0.686. The maximum Gasteiger partial charge on any atom is 0.120 e. The van der Waals surface area contributed by atoms with Gasteiger partial charge in [-0.05, 0) is 35.0 Å². The Morgan fingerprint density at radius 3 is 2.67 bits per heavy atom. The number of nitrogens with one attached hydrogen (secondary N) is 1. The number of phenolic OH excluding ortho intramolecular Hbond substituents is 1. The minimum atomic E-state index is 0.159. The summed E-state index contributed by atoms with van der Waals surface area (Å²) in [6.45, 7) is 0.203. The molecule has 0 aliphatic carbocycles. The molecule has 0 aliphatic heterocycles. The average molecular weight is 224 g/mol. The van der Waals surface area contributed by atoms with Crippen LogP contribution in [0, 0.1) is 0 Å². The first-order chi connectivity index (χ1) is 7.20. The molecule has 78 valence electrons. The van der Waals surface area contributed by atoms with Crippen LogP contribution in [0.1, 0.15) is 5.56 Å². The van der Waals surface area contributed by atoms with E-state index in [-0.39, 0.29) is 12.3 Å². The average Bonchev–Trinajstić information content (AvgIpc) is 2.20. The van der Waals surface area contributed by atoms with Crippen LogP contribution in [0.4, 0.5) is 0 Å². The van der Waals surface area contributed by atoms with Gasteiger partial charge in [0.2, 0.25) is 0 Å². The summed E-state index contributed by atoms with van der Waals surface area (Å²) >= 11 is 5.86. The van der Waals surface area contributed by atoms with Crippen molar-refractivity contribution in [3.05, 3.63) is 40.9 Å². The molecule has 0 radical (unpaired) electrons. The summed E-state index contributed by atoms with van der Waals surface area (Å²) in [6.07, 6.45) is 0. The van der Waals surface area contributed by atoms with Crippen molar-refractivity contribution in [3.63, 3.8) is 0 Å². The molecule has 0 saturated carbocycles. The molecule has 3 nitrogen and oxygen atoms in total. The van der Waals surface area contributed by atoms with Crippen molar-refractivity contribution in [2.24, 2.45) is 0 Å². The van der Waals surface area contributed by atoms with Crippen molar-refractivity contribution in [2.75, 3.05) is 0 Å². The Kier molecular flexibility index (Phi) is 2.77. The van der Waals surface area contributed by atoms with Gasteiger partial charge in [0.1, 0.15) is 5.75 Å². The first-order valence-corrected chi connectivity index (χ1v) is 4.86. The lowest BCUT2D eigenvalue weighted by atomic mass is 10.1. The molecule has 0 heterocycles. The number of phenols is 1. The molecule has 0 bridgehead atoms. The molecule has 0 amide bonds. The van der Waals surface area contributed by atoms with E-state index in [2.05, 4.69) is 0 Å². The molecular formula is C11H10ClNO2. The molecule has 4 heteroatoms. The second-order valence-corrected chi connectivity index (χ2v) is 3.74. The predicted molar refractivity (Wildman–Crippen MR) is 59.2 cm³/mol. The lowest BCUT2D eigenvalue weighted by Crippen LogP contribution is -2.06. The van der Waals surface area contributed by atoms with Gasteiger partial charge in [-0.3, -0.25) is 0 Å². The predicted octanol–water partition coefficient (Wildman–Crippen LogP) is 2.68. The van der Waals surface area contributed by atoms with Crippen LogP contribution in [0.2, 0.25) is 5.02 Å². The summed E-state index contributed by atoms with van der Waals surface area (Å²) in [5.41, 5.74) is 2.64. The summed E-state index contributed by atoms with van der Waals surface area (Å²) < 4.78 is 0. The molecule has 3 N–H and O–H groups in total. The van der Waals surface area contributed by atoms with Crippen molar-refractivity contribution < 1.29 is 10.3 Å². The number of hydrogen-bond donors (Lipinski definition) is 3. The standard InChI is InChI=1S/C11H10ClNO2/c12-10-2-1-7-5-11(14)9(6-13-15)3-8(7)4-10/h1-5,13-15H,6H2. The van der Waals surface area contributed by atoms with Gasteiger partial charge in [-0.2, -0.15) is 0 Å². The number of hydroxylamine groups is 1. The van der Waals surface area contributed by atoms with E-state index in [1.165, 1.54) is 0 Å². The van der Waals surface area contributed by atoms with Gasteiger partial charge < -0.3 is 10.3 Å². The Labute approximate surface area is 91.9 Å². The second-order valence-electron chi connectivity index (χ2n) is 3.31. The van der Waals surface area contributed by atoms with Gasteiger partial charge in [-0.15, -0.1) is 0 Å². The Morgan fingerprint density at radius 1 is 1.13 bits per heavy atom. The van der Waals surface area contributed by atoms with Crippen molar-refractivity contribution in [1.29, 1.82) is 0 Å². The smallest absolute Gasteiger partial charge is 0.120 e. The number of rotatable bonds is 2. The highest BCUT2D eigenvalue weighted by molar-refractivity contribution is 6.31. The van der Waals surface area contributed by atoms with Crippen molar-refractivity contribution in [1.82, 2.24) is 5.48 Å². The first-order valence-electron chi connectivity index (χ1n) is 4.49. The Morgan fingerprint density at radius 2 is 1.93 bits per heavy atom. The summed E-state index contributed by atoms with van der Waals surface area (Å²) in [5.74, 6) is 0.159. The van der Waals surface area contributed by atoms with Crippen LogP contribution < -0.4 is 5.48 Å². The topological polar surface area (TPSA) is 52.5 Å². The third-order valence-electron chi connectivity index (χ3n) is 2.27. The van der Waals surface area contributed by atoms with Gasteiger partial charge in [0.05, 0.1) is 0 Å². The monoisotopic (exact) mass is 223 g/mol. The lowest BCUT2D eigenvalue weighted by Gasteiger charge is -2.06. The summed E-state index contributed by atoms with van der Waals surface area (Å²) in [5, 5.41) is 20.7. The zero-order valence-corrected chi connectivity index (χ0v) is 8.62. The maximum absolute atomic E-state index is 9.62. The van der Waals surface area contributed by atoms with Crippen molar-refractivity contribution in [3.8, 4) is 5.75 Å². The van der Waals surface area contributed by atoms with Gasteiger partial charge in [0.25, 0.3) is 0 Å². The maximum atomic E-state index is 9.62. The van der Waals surface area contributed by atoms with Crippen molar-refractivity contribution in [2.45, 2.75) is 6.54 Å². The van der Waals surface area contributed by atoms with Crippen LogP contribution >= 0.6 is 11.6 Å². The van der Waals surface area contributed by atoms with Crippen molar-refractivity contribution >= 4 is 22.4 Å². The molecule has 2 aromatic carbocycles. The van der Waals surface area contributed by atoms with Gasteiger partial charge in [-0.25, -0.2) is 5.48 Å². The molecule has 0 atom stereocenters. The highest BCUT2D eigenvalue weighted by Gasteiger charge is 2.03. The van der Waals surface area contributed by atoms with Crippen LogP contribution in [-0.2, 0) is 6.54 Å². The minimum Gasteiger partial charge on any atom is -0.508 e. The second kappa shape index (κ2) is 4.06. The third-order valence-corrected chi connectivity index (χ3v) is 2.50. The normalized spacial score (nSPS) is 10.8. The van der Waals surface area contributed by atoms with E-state index in [0.29, 0.717) is 10.6 Å². The first kappa shape index (κ1) is 10.2. The van der Waals surface area contributed by atoms with Crippen LogP contribution in [0.3, 0.4) is 0 Å². The number of halogens is 1. The third kappa shape index (κ3) is 2.04. The summed E-state index contributed by atoms with van der Waals surface area (Å²) in [7, 11) is 0. The lowest BCUT2D eigenvalue weighted by molar-refractivity contribution is 0.160. The molecule has 0 aliphatic rings. The van der Waals surface area contributed by atoms with Crippen LogP contribution in [0.25, 0.3) is 10.8 Å². The molecule has 15 heavy (non-hydrogen) atoms. The SMILES string of the molecule is ONCc1cc2cc(Cl)ccc2cc1O. The number of hydrogen-bond acceptors (Lipinski definition) is 3. The van der Waals surface area contributed by atoms with E-state index in [1.807, 2.05) is 17.6 Å². The minimum absolute atomic E-state index is 0.159. The fourth-order valence-electron chi connectivity index (χ4n) is 1.53. The van der Waals surface area contributed by atoms with Crippen LogP contribution in [0.15, 0.2) is 30.3 Å². The molecule has 0 spiro atoms. The molecular weight excluding hydrogens is 214 g/mol. The van der Waals surface area contributed by atoms with Gasteiger partial charge >= 0.3 is 0 Å². The Hall–Kier alpha value is -1.29. The zero-order chi connectivity index (χ0) is 10.8. The molecule has 0 saturated heterocycles. The van der Waals surface area contributed by atoms with Gasteiger partial charge in [0, 0.05) is 17.1 Å². The van der Waals surface area contributed by atoms with Gasteiger partial charge in [-0.1, -0.05) is 17.7 Å². The number of fused-ring (bicyclic) bond motifs is 1. The van der Waals surface area contributed by atoms with E-state index in [1.54, 1.807) is 18.2 Å².